The Balaban J connectivity index is 1.62. The number of aromatic nitrogens is 2. The molecule has 1 N–H and O–H groups in total. The average Bonchev–Trinajstić information content (AvgIpc) is 3.12. The summed E-state index contributed by atoms with van der Waals surface area (Å²) in [7, 11) is 1.84. The number of anilines is 1. The largest absolute Gasteiger partial charge is 0.493 e. The molecule has 0 aliphatic carbocycles. The van der Waals surface area contributed by atoms with Gasteiger partial charge < -0.3 is 15.0 Å². The van der Waals surface area contributed by atoms with E-state index in [1.807, 2.05) is 55.3 Å². The summed E-state index contributed by atoms with van der Waals surface area (Å²) in [5.41, 5.74) is 0.909. The van der Waals surface area contributed by atoms with Gasteiger partial charge in [-0.2, -0.15) is 0 Å². The monoisotopic (exact) mass is 340 g/mol. The summed E-state index contributed by atoms with van der Waals surface area (Å²) in [6, 6.07) is 11.5. The number of hydrogen-bond donors (Lipinski definition) is 1. The number of amides is 1. The average molecular weight is 340 g/mol. The van der Waals surface area contributed by atoms with Gasteiger partial charge in [-0.3, -0.25) is 4.79 Å². The molecule has 1 aliphatic heterocycles. The molecule has 1 saturated heterocycles. The van der Waals surface area contributed by atoms with Gasteiger partial charge in [-0.1, -0.05) is 18.2 Å². The molecule has 3 rings (SSSR count). The van der Waals surface area contributed by atoms with E-state index >= 15 is 0 Å². The summed E-state index contributed by atoms with van der Waals surface area (Å²) in [5, 5.41) is 3.05. The van der Waals surface area contributed by atoms with Crippen LogP contribution in [0, 0.1) is 6.92 Å². The van der Waals surface area contributed by atoms with Crippen LogP contribution in [0.5, 0.6) is 5.75 Å². The standard InChI is InChI=1S/C19H24N4O2/c1-14-21-16(13-18(20-2)22-14)17-9-6-11-23(17)19(24)10-12-25-15-7-4-3-5-8-15/h3-5,7-8,13,17H,6,9-12H2,1-2H3,(H,20,21,22)/t17-/m0/s1. The smallest absolute Gasteiger partial charge is 0.226 e. The molecule has 2 aromatic rings. The topological polar surface area (TPSA) is 67.4 Å². The molecular formula is C19H24N4O2. The van der Waals surface area contributed by atoms with Crippen LogP contribution in [-0.4, -0.2) is 41.0 Å². The minimum absolute atomic E-state index is 0.0259. The fourth-order valence-electron chi connectivity index (χ4n) is 3.18. The SMILES string of the molecule is CNc1cc([C@@H]2CCCN2C(=O)CCOc2ccccc2)nc(C)n1. The van der Waals surface area contributed by atoms with Gasteiger partial charge in [-0.15, -0.1) is 0 Å². The van der Waals surface area contributed by atoms with Crippen LogP contribution in [0.2, 0.25) is 0 Å². The minimum Gasteiger partial charge on any atom is -0.493 e. The lowest BCUT2D eigenvalue weighted by Gasteiger charge is -2.25. The van der Waals surface area contributed by atoms with E-state index in [1.165, 1.54) is 0 Å². The number of ether oxygens (including phenoxy) is 1. The molecule has 6 heteroatoms. The quantitative estimate of drug-likeness (QED) is 0.876. The van der Waals surface area contributed by atoms with Gasteiger partial charge in [0.05, 0.1) is 24.8 Å². The summed E-state index contributed by atoms with van der Waals surface area (Å²) >= 11 is 0. The third-order valence-electron chi connectivity index (χ3n) is 4.36. The zero-order valence-electron chi connectivity index (χ0n) is 14.7. The van der Waals surface area contributed by atoms with E-state index in [0.717, 1.165) is 36.6 Å². The van der Waals surface area contributed by atoms with Crippen LogP contribution >= 0.6 is 0 Å². The Labute approximate surface area is 148 Å². The summed E-state index contributed by atoms with van der Waals surface area (Å²) < 4.78 is 5.65. The minimum atomic E-state index is 0.0259. The van der Waals surface area contributed by atoms with Crippen LogP contribution in [0.1, 0.15) is 36.8 Å². The predicted octanol–water partition coefficient (Wildman–Crippen LogP) is 2.96. The number of carbonyl (C=O) groups excluding carboxylic acids is 1. The first-order chi connectivity index (χ1) is 12.2. The van der Waals surface area contributed by atoms with E-state index in [-0.39, 0.29) is 11.9 Å². The molecule has 1 fully saturated rings. The molecule has 132 valence electrons. The van der Waals surface area contributed by atoms with Gasteiger partial charge in [0.15, 0.2) is 0 Å². The van der Waals surface area contributed by atoms with E-state index in [4.69, 9.17) is 4.74 Å². The Morgan fingerprint density at radius 1 is 1.32 bits per heavy atom. The first-order valence-electron chi connectivity index (χ1n) is 8.68. The van der Waals surface area contributed by atoms with Crippen molar-refractivity contribution in [2.24, 2.45) is 0 Å². The molecule has 0 unspecified atom stereocenters. The molecule has 1 atom stereocenters. The third kappa shape index (κ3) is 4.26. The van der Waals surface area contributed by atoms with Crippen LogP contribution in [0.3, 0.4) is 0 Å². The first-order valence-corrected chi connectivity index (χ1v) is 8.68. The highest BCUT2D eigenvalue weighted by atomic mass is 16.5. The Bertz CT molecular complexity index is 721. The molecule has 0 radical (unpaired) electrons. The first kappa shape index (κ1) is 17.2. The third-order valence-corrected chi connectivity index (χ3v) is 4.36. The molecule has 0 spiro atoms. The van der Waals surface area contributed by atoms with Crippen molar-refractivity contribution in [2.75, 3.05) is 25.5 Å². The number of carbonyl (C=O) groups is 1. The maximum Gasteiger partial charge on any atom is 0.226 e. The molecule has 1 aliphatic rings. The summed E-state index contributed by atoms with van der Waals surface area (Å²) in [6.07, 6.45) is 2.30. The maximum atomic E-state index is 12.6. The second-order valence-corrected chi connectivity index (χ2v) is 6.13. The number of rotatable bonds is 6. The van der Waals surface area contributed by atoms with Gasteiger partial charge in [-0.25, -0.2) is 9.97 Å². The highest BCUT2D eigenvalue weighted by Gasteiger charge is 2.31. The molecular weight excluding hydrogens is 316 g/mol. The number of nitrogens with zero attached hydrogens (tertiary/aromatic N) is 3. The number of nitrogens with one attached hydrogen (secondary N) is 1. The Hall–Kier alpha value is -2.63. The van der Waals surface area contributed by atoms with Crippen molar-refractivity contribution in [3.63, 3.8) is 0 Å². The lowest BCUT2D eigenvalue weighted by Crippen LogP contribution is -2.32. The molecule has 0 bridgehead atoms. The highest BCUT2D eigenvalue weighted by Crippen LogP contribution is 2.32. The van der Waals surface area contributed by atoms with E-state index in [9.17, 15) is 4.79 Å². The van der Waals surface area contributed by atoms with Gasteiger partial charge in [0.1, 0.15) is 17.4 Å². The van der Waals surface area contributed by atoms with Crippen LogP contribution in [0.15, 0.2) is 36.4 Å². The molecule has 1 amide bonds. The molecule has 6 nitrogen and oxygen atoms in total. The Morgan fingerprint density at radius 2 is 2.12 bits per heavy atom. The molecule has 0 saturated carbocycles. The van der Waals surface area contributed by atoms with Crippen molar-refractivity contribution in [1.82, 2.24) is 14.9 Å². The molecule has 2 heterocycles. The Morgan fingerprint density at radius 3 is 2.88 bits per heavy atom. The number of hydrogen-bond acceptors (Lipinski definition) is 5. The zero-order valence-corrected chi connectivity index (χ0v) is 14.7. The fourth-order valence-corrected chi connectivity index (χ4v) is 3.18. The number of likely N-dealkylation sites (tertiary alicyclic amines) is 1. The van der Waals surface area contributed by atoms with Crippen LogP contribution < -0.4 is 10.1 Å². The van der Waals surface area contributed by atoms with E-state index in [2.05, 4.69) is 15.3 Å². The van der Waals surface area contributed by atoms with Gasteiger partial charge >= 0.3 is 0 Å². The van der Waals surface area contributed by atoms with Crippen molar-refractivity contribution >= 4 is 11.7 Å². The van der Waals surface area contributed by atoms with E-state index < -0.39 is 0 Å². The van der Waals surface area contributed by atoms with Gasteiger partial charge in [-0.05, 0) is 31.9 Å². The van der Waals surface area contributed by atoms with E-state index in [1.54, 1.807) is 0 Å². The predicted molar refractivity (Wildman–Crippen MR) is 96.6 cm³/mol. The van der Waals surface area contributed by atoms with Crippen LogP contribution in [-0.2, 0) is 4.79 Å². The Kier molecular flexibility index (Phi) is 5.48. The summed E-state index contributed by atoms with van der Waals surface area (Å²) in [6.45, 7) is 3.03. The van der Waals surface area contributed by atoms with Crippen molar-refractivity contribution in [3.05, 3.63) is 47.9 Å². The molecule has 1 aromatic carbocycles. The summed E-state index contributed by atoms with van der Waals surface area (Å²) in [4.78, 5) is 23.5. The van der Waals surface area contributed by atoms with Gasteiger partial charge in [0, 0.05) is 19.7 Å². The maximum absolute atomic E-state index is 12.6. The lowest BCUT2D eigenvalue weighted by molar-refractivity contribution is -0.132. The number of aryl methyl sites for hydroxylation is 1. The fraction of sp³-hybridized carbons (Fsp3) is 0.421. The van der Waals surface area contributed by atoms with Crippen LogP contribution in [0.4, 0.5) is 5.82 Å². The molecule has 1 aromatic heterocycles. The second kappa shape index (κ2) is 7.96. The number of benzene rings is 1. The van der Waals surface area contributed by atoms with Crippen molar-refractivity contribution in [2.45, 2.75) is 32.2 Å². The van der Waals surface area contributed by atoms with Crippen molar-refractivity contribution < 1.29 is 9.53 Å². The highest BCUT2D eigenvalue weighted by molar-refractivity contribution is 5.77. The zero-order chi connectivity index (χ0) is 17.6. The lowest BCUT2D eigenvalue weighted by atomic mass is 10.1. The van der Waals surface area contributed by atoms with E-state index in [0.29, 0.717) is 18.9 Å². The molecule has 25 heavy (non-hydrogen) atoms. The second-order valence-electron chi connectivity index (χ2n) is 6.13. The number of para-hydroxylation sites is 1. The van der Waals surface area contributed by atoms with Crippen molar-refractivity contribution in [3.8, 4) is 5.75 Å². The van der Waals surface area contributed by atoms with Crippen molar-refractivity contribution in [1.29, 1.82) is 0 Å². The summed E-state index contributed by atoms with van der Waals surface area (Å²) in [5.74, 6) is 2.40. The van der Waals surface area contributed by atoms with Crippen LogP contribution in [0.25, 0.3) is 0 Å². The van der Waals surface area contributed by atoms with Gasteiger partial charge in [0.2, 0.25) is 5.91 Å². The van der Waals surface area contributed by atoms with Gasteiger partial charge in [0.25, 0.3) is 0 Å². The normalized spacial score (nSPS) is 16.7.